The Labute approximate surface area is 105 Å². The summed E-state index contributed by atoms with van der Waals surface area (Å²) in [7, 11) is -2.86. The molecule has 0 saturated carbocycles. The van der Waals surface area contributed by atoms with Gasteiger partial charge in [-0.3, -0.25) is 0 Å². The van der Waals surface area contributed by atoms with Crippen molar-refractivity contribution in [1.29, 1.82) is 0 Å². The average molecular weight is 277 g/mol. The van der Waals surface area contributed by atoms with E-state index in [4.69, 9.17) is 17.3 Å². The van der Waals surface area contributed by atoms with Crippen molar-refractivity contribution in [2.45, 2.75) is 18.9 Å². The van der Waals surface area contributed by atoms with Gasteiger partial charge in [0, 0.05) is 6.04 Å². The van der Waals surface area contributed by atoms with Crippen LogP contribution in [0.3, 0.4) is 0 Å². The summed E-state index contributed by atoms with van der Waals surface area (Å²) in [6.45, 7) is 0. The molecule has 0 bridgehead atoms. The van der Waals surface area contributed by atoms with Crippen molar-refractivity contribution in [1.82, 2.24) is 9.97 Å². The molecule has 2 rings (SSSR count). The van der Waals surface area contributed by atoms with Crippen molar-refractivity contribution in [3.8, 4) is 0 Å². The van der Waals surface area contributed by atoms with Gasteiger partial charge in [-0.1, -0.05) is 0 Å². The maximum atomic E-state index is 11.3. The first kappa shape index (κ1) is 12.4. The van der Waals surface area contributed by atoms with E-state index in [9.17, 15) is 8.42 Å². The standard InChI is InChI=1S/C9H13ClN4O2S/c10-9-12-5-7(11)8(14-9)13-6-1-3-17(15,16)4-2-6/h5-6H,1-4,11H2,(H,12,13,14). The van der Waals surface area contributed by atoms with Gasteiger partial charge in [0.25, 0.3) is 0 Å². The summed E-state index contributed by atoms with van der Waals surface area (Å²) in [6.07, 6.45) is 2.55. The van der Waals surface area contributed by atoms with Crippen molar-refractivity contribution >= 4 is 32.9 Å². The Balaban J connectivity index is 2.05. The van der Waals surface area contributed by atoms with Crippen LogP contribution in [0.4, 0.5) is 11.5 Å². The molecule has 0 radical (unpaired) electrons. The minimum absolute atomic E-state index is 0.0618. The Morgan fingerprint density at radius 3 is 2.71 bits per heavy atom. The molecule has 0 atom stereocenters. The Morgan fingerprint density at radius 1 is 1.41 bits per heavy atom. The Hall–Kier alpha value is -1.08. The first-order valence-corrected chi connectivity index (χ1v) is 7.41. The Kier molecular flexibility index (Phi) is 3.39. The molecule has 0 spiro atoms. The van der Waals surface area contributed by atoms with E-state index in [1.807, 2.05) is 0 Å². The van der Waals surface area contributed by atoms with Gasteiger partial charge in [-0.15, -0.1) is 0 Å². The van der Waals surface area contributed by atoms with Crippen molar-refractivity contribution in [2.24, 2.45) is 0 Å². The second-order valence-corrected chi connectivity index (χ2v) is 6.66. The third-order valence-corrected chi connectivity index (χ3v) is 4.58. The molecule has 0 amide bonds. The summed E-state index contributed by atoms with van der Waals surface area (Å²) in [5.41, 5.74) is 6.10. The molecule has 1 aromatic rings. The van der Waals surface area contributed by atoms with Crippen LogP contribution < -0.4 is 11.1 Å². The van der Waals surface area contributed by atoms with E-state index in [2.05, 4.69) is 15.3 Å². The predicted octanol–water partition coefficient (Wildman–Crippen LogP) is 0.701. The first-order chi connectivity index (χ1) is 7.96. The molecule has 2 heterocycles. The normalized spacial score (nSPS) is 20.1. The van der Waals surface area contributed by atoms with Crippen molar-refractivity contribution in [3.63, 3.8) is 0 Å². The predicted molar refractivity (Wildman–Crippen MR) is 66.8 cm³/mol. The molecule has 1 aliphatic rings. The second-order valence-electron chi connectivity index (χ2n) is 4.01. The fourth-order valence-corrected chi connectivity index (χ4v) is 3.34. The number of halogens is 1. The molecule has 0 aromatic carbocycles. The molecule has 6 nitrogen and oxygen atoms in total. The van der Waals surface area contributed by atoms with Crippen molar-refractivity contribution < 1.29 is 8.42 Å². The molecule has 0 unspecified atom stereocenters. The van der Waals surface area contributed by atoms with Gasteiger partial charge in [-0.2, -0.15) is 4.98 Å². The molecule has 1 aromatic heterocycles. The lowest BCUT2D eigenvalue weighted by atomic mass is 10.1. The highest BCUT2D eigenvalue weighted by atomic mass is 35.5. The monoisotopic (exact) mass is 276 g/mol. The van der Waals surface area contributed by atoms with E-state index in [-0.39, 0.29) is 22.8 Å². The van der Waals surface area contributed by atoms with Gasteiger partial charge in [0.2, 0.25) is 5.28 Å². The van der Waals surface area contributed by atoms with Gasteiger partial charge in [-0.05, 0) is 24.4 Å². The van der Waals surface area contributed by atoms with Crippen LogP contribution in [-0.4, -0.2) is 35.9 Å². The van der Waals surface area contributed by atoms with Gasteiger partial charge in [-0.25, -0.2) is 13.4 Å². The molecule has 1 saturated heterocycles. The van der Waals surface area contributed by atoms with E-state index >= 15 is 0 Å². The van der Waals surface area contributed by atoms with E-state index < -0.39 is 9.84 Å². The van der Waals surface area contributed by atoms with E-state index in [0.717, 1.165) is 0 Å². The van der Waals surface area contributed by atoms with Crippen LogP contribution in [0, 0.1) is 0 Å². The minimum atomic E-state index is -2.86. The number of rotatable bonds is 2. The van der Waals surface area contributed by atoms with Crippen LogP contribution in [0.25, 0.3) is 0 Å². The highest BCUT2D eigenvalue weighted by Gasteiger charge is 2.24. The first-order valence-electron chi connectivity index (χ1n) is 5.21. The molecule has 1 fully saturated rings. The Morgan fingerprint density at radius 2 is 2.06 bits per heavy atom. The molecular weight excluding hydrogens is 264 g/mol. The van der Waals surface area contributed by atoms with Crippen LogP contribution in [-0.2, 0) is 9.84 Å². The number of nitrogens with two attached hydrogens (primary N) is 1. The number of hydrogen-bond donors (Lipinski definition) is 2. The summed E-state index contributed by atoms with van der Waals surface area (Å²) >= 11 is 5.67. The van der Waals surface area contributed by atoms with Gasteiger partial charge in [0.05, 0.1) is 23.4 Å². The topological polar surface area (TPSA) is 98.0 Å². The lowest BCUT2D eigenvalue weighted by Gasteiger charge is -2.23. The lowest BCUT2D eigenvalue weighted by Crippen LogP contribution is -2.32. The summed E-state index contributed by atoms with van der Waals surface area (Å²) in [5, 5.41) is 3.22. The molecule has 8 heteroatoms. The average Bonchev–Trinajstić information content (AvgIpc) is 2.26. The highest BCUT2D eigenvalue weighted by Crippen LogP contribution is 2.21. The van der Waals surface area contributed by atoms with Crippen molar-refractivity contribution in [3.05, 3.63) is 11.5 Å². The van der Waals surface area contributed by atoms with Crippen molar-refractivity contribution in [2.75, 3.05) is 22.6 Å². The quantitative estimate of drug-likeness (QED) is 0.772. The number of hydrogen-bond acceptors (Lipinski definition) is 6. The van der Waals surface area contributed by atoms with Gasteiger partial charge >= 0.3 is 0 Å². The second kappa shape index (κ2) is 4.66. The largest absolute Gasteiger partial charge is 0.394 e. The maximum Gasteiger partial charge on any atom is 0.224 e. The summed E-state index contributed by atoms with van der Waals surface area (Å²) in [6, 6.07) is 0.0618. The van der Waals surface area contributed by atoms with E-state index in [0.29, 0.717) is 24.3 Å². The third-order valence-electron chi connectivity index (χ3n) is 2.68. The van der Waals surface area contributed by atoms with E-state index in [1.165, 1.54) is 6.20 Å². The summed E-state index contributed by atoms with van der Waals surface area (Å²) in [5.74, 6) is 0.863. The fourth-order valence-electron chi connectivity index (χ4n) is 1.71. The van der Waals surface area contributed by atoms with Crippen LogP contribution in [0.2, 0.25) is 5.28 Å². The van der Waals surface area contributed by atoms with E-state index in [1.54, 1.807) is 0 Å². The highest BCUT2D eigenvalue weighted by molar-refractivity contribution is 7.91. The Bertz CT molecular complexity index is 506. The van der Waals surface area contributed by atoms with Gasteiger partial charge in [0.1, 0.15) is 9.84 Å². The number of nitrogens with one attached hydrogen (secondary N) is 1. The zero-order valence-electron chi connectivity index (χ0n) is 9.06. The number of anilines is 2. The molecular formula is C9H13ClN4O2S. The van der Waals surface area contributed by atoms with Gasteiger partial charge in [0.15, 0.2) is 5.82 Å². The smallest absolute Gasteiger partial charge is 0.224 e. The molecule has 1 aliphatic heterocycles. The van der Waals surface area contributed by atoms with Crippen LogP contribution in [0.1, 0.15) is 12.8 Å². The zero-order chi connectivity index (χ0) is 12.5. The molecule has 94 valence electrons. The number of nitrogen functional groups attached to an aromatic ring is 1. The summed E-state index contributed by atoms with van der Waals surface area (Å²) in [4.78, 5) is 7.72. The van der Waals surface area contributed by atoms with Crippen LogP contribution in [0.15, 0.2) is 6.20 Å². The molecule has 3 N–H and O–H groups in total. The lowest BCUT2D eigenvalue weighted by molar-refractivity contribution is 0.559. The van der Waals surface area contributed by atoms with Crippen LogP contribution >= 0.6 is 11.6 Å². The molecule has 17 heavy (non-hydrogen) atoms. The summed E-state index contributed by atoms with van der Waals surface area (Å²) < 4.78 is 22.5. The fraction of sp³-hybridized carbons (Fsp3) is 0.556. The minimum Gasteiger partial charge on any atom is -0.394 e. The molecule has 0 aliphatic carbocycles. The van der Waals surface area contributed by atoms with Crippen LogP contribution in [0.5, 0.6) is 0 Å². The SMILES string of the molecule is Nc1cnc(Cl)nc1NC1CCS(=O)(=O)CC1. The third kappa shape index (κ3) is 3.19. The number of aromatic nitrogens is 2. The maximum absolute atomic E-state index is 11.3. The van der Waals surface area contributed by atoms with Gasteiger partial charge < -0.3 is 11.1 Å². The zero-order valence-corrected chi connectivity index (χ0v) is 10.6. The number of nitrogens with zero attached hydrogens (tertiary/aromatic N) is 2. The number of sulfone groups is 1.